The molecule has 0 atom stereocenters. The maximum absolute atomic E-state index is 11.5. The third-order valence-corrected chi connectivity index (χ3v) is 7.57. The predicted molar refractivity (Wildman–Crippen MR) is 172 cm³/mol. The molecule has 2 aromatic carbocycles. The Hall–Kier alpha value is -2.73. The molecule has 5 rings (SSSR count). The number of carboxylic acid groups (broad SMARTS) is 2. The first-order valence-corrected chi connectivity index (χ1v) is 15.7. The van der Waals surface area contributed by atoms with Gasteiger partial charge in [0.1, 0.15) is 0 Å². The zero-order valence-corrected chi connectivity index (χ0v) is 40.3. The number of benzene rings is 2. The molecular weight excluding hydrogens is 800 g/mol. The number of thioether (sulfide) groups is 1. The molecule has 0 aliphatic carbocycles. The number of anilines is 5. The second-order valence-corrected chi connectivity index (χ2v) is 12.3. The van der Waals surface area contributed by atoms with E-state index in [0.29, 0.717) is 16.5 Å². The second kappa shape index (κ2) is 26.2. The van der Waals surface area contributed by atoms with E-state index in [1.807, 2.05) is 27.0 Å². The summed E-state index contributed by atoms with van der Waals surface area (Å²) in [6.07, 6.45) is 2.37. The van der Waals surface area contributed by atoms with Crippen molar-refractivity contribution in [2.24, 2.45) is 10.2 Å². The van der Waals surface area contributed by atoms with Crippen LogP contribution in [0.1, 0.15) is 47.2 Å². The Balaban J connectivity index is 0. The molecule has 0 fully saturated rings. The molecule has 3 aromatic heterocycles. The van der Waals surface area contributed by atoms with Gasteiger partial charge < -0.3 is 54.4 Å². The number of nitrogen functional groups attached to an aromatic ring is 1. The number of hydrogen-bond acceptors (Lipinski definition) is 21. The van der Waals surface area contributed by atoms with Crippen LogP contribution in [0.15, 0.2) is 51.0 Å². The Bertz CT molecular complexity index is 2100. The van der Waals surface area contributed by atoms with Gasteiger partial charge in [-0.2, -0.15) is 49.6 Å². The van der Waals surface area contributed by atoms with E-state index in [0.717, 1.165) is 22.5 Å². The van der Waals surface area contributed by atoms with Crippen molar-refractivity contribution in [3.63, 3.8) is 0 Å². The van der Waals surface area contributed by atoms with Crippen LogP contribution in [-0.4, -0.2) is 65.4 Å². The Morgan fingerprint density at radius 2 is 1.36 bits per heavy atom. The molecule has 55 heavy (non-hydrogen) atoms. The van der Waals surface area contributed by atoms with E-state index in [2.05, 4.69) is 63.2 Å². The van der Waals surface area contributed by atoms with Crippen molar-refractivity contribution >= 4 is 87.2 Å². The summed E-state index contributed by atoms with van der Waals surface area (Å²) < 4.78 is 1.98. The molecule has 0 aliphatic rings. The zero-order chi connectivity index (χ0) is 37.7. The van der Waals surface area contributed by atoms with Crippen molar-refractivity contribution in [3.8, 4) is 5.95 Å². The van der Waals surface area contributed by atoms with Crippen LogP contribution in [0.5, 0.6) is 0 Å². The smallest absolute Gasteiger partial charge is 0.545 e. The zero-order valence-electron chi connectivity index (χ0n) is 30.6. The number of carboxylic acids is 2. The van der Waals surface area contributed by atoms with Crippen molar-refractivity contribution in [1.29, 1.82) is 0 Å². The SMILES string of the molecule is CSc1nnc(N=Nc2c(C(C)(C)C)nn(-c3nc(Nc4c[c-]c[c-]c4)nc(Nc4cc(C(=O)[O-])cc(C(=O)[O-])c4)n3)c2N)s1.O=C=O.O=C=O.[Na+].[Na+].[Na+].[Na+]. The molecule has 0 aliphatic heterocycles. The Morgan fingerprint density at radius 3 is 1.82 bits per heavy atom. The van der Waals surface area contributed by atoms with Crippen LogP contribution < -0.4 is 145 Å². The van der Waals surface area contributed by atoms with Crippen LogP contribution in [0.2, 0.25) is 0 Å². The number of carbonyl (C=O) groups is 2. The van der Waals surface area contributed by atoms with E-state index in [1.165, 1.54) is 27.8 Å². The van der Waals surface area contributed by atoms with Gasteiger partial charge in [0.05, 0.1) is 17.6 Å². The van der Waals surface area contributed by atoms with Gasteiger partial charge in [0, 0.05) is 11.1 Å². The summed E-state index contributed by atoms with van der Waals surface area (Å²) in [5.41, 5.74) is 6.52. The normalized spacial score (nSPS) is 9.75. The summed E-state index contributed by atoms with van der Waals surface area (Å²) in [7, 11) is 0. The van der Waals surface area contributed by atoms with Gasteiger partial charge in [0.2, 0.25) is 11.9 Å². The number of hydrogen-bond donors (Lipinski definition) is 3. The summed E-state index contributed by atoms with van der Waals surface area (Å²) in [5.74, 6) is -3.26. The van der Waals surface area contributed by atoms with Crippen molar-refractivity contribution in [3.05, 3.63) is 65.4 Å². The first-order valence-electron chi connectivity index (χ1n) is 13.7. The molecular formula is C29H22N12Na4O8S2. The minimum Gasteiger partial charge on any atom is -0.545 e. The monoisotopic (exact) mass is 822 g/mol. The molecule has 26 heteroatoms. The van der Waals surface area contributed by atoms with Crippen molar-refractivity contribution in [2.75, 3.05) is 22.6 Å². The summed E-state index contributed by atoms with van der Waals surface area (Å²) in [5, 5.41) is 50.5. The van der Waals surface area contributed by atoms with E-state index in [4.69, 9.17) is 24.9 Å². The van der Waals surface area contributed by atoms with Gasteiger partial charge >= 0.3 is 131 Å². The standard InChI is InChI=1S/C27H24N12O4S2.2CO2.4Na/c1-27(2,3)18-17(34-35-25-36-37-26(44-4)45-25)19(28)39(38-18)24-32-22(29-15-8-6-5-7-9-15)31-23(33-24)30-16-11-13(20(40)41)10-14(12-16)21(42)43;2*2-1-3;;;;/h5,8-12H,28H2,1-4H3,(H,40,41)(H,42,43)(H2,29,30,31,32,33);;;;;;/q-2;;;4*+1/p-2. The fourth-order valence-electron chi connectivity index (χ4n) is 3.79. The summed E-state index contributed by atoms with van der Waals surface area (Å²) in [4.78, 5) is 68.8. The summed E-state index contributed by atoms with van der Waals surface area (Å²) >= 11 is 2.69. The quantitative estimate of drug-likeness (QED) is 0.0510. The summed E-state index contributed by atoms with van der Waals surface area (Å²) in [6, 6.07) is 13.9. The van der Waals surface area contributed by atoms with Gasteiger partial charge in [0.25, 0.3) is 11.1 Å². The number of nitrogens with zero attached hydrogens (tertiary/aromatic N) is 9. The maximum atomic E-state index is 11.5. The van der Waals surface area contributed by atoms with Crippen LogP contribution in [0, 0.1) is 12.1 Å². The van der Waals surface area contributed by atoms with Crippen molar-refractivity contribution in [1.82, 2.24) is 34.9 Å². The molecule has 0 spiro atoms. The van der Waals surface area contributed by atoms with Crippen LogP contribution in [-0.2, 0) is 24.6 Å². The van der Waals surface area contributed by atoms with Gasteiger partial charge in [-0.25, -0.2) is 0 Å². The number of azo groups is 1. The number of aromatic carboxylic acids is 2. The fraction of sp³-hybridized carbons (Fsp3) is 0.172. The second-order valence-electron chi connectivity index (χ2n) is 10.3. The van der Waals surface area contributed by atoms with Gasteiger partial charge in [-0.1, -0.05) is 43.9 Å². The molecule has 20 nitrogen and oxygen atoms in total. The third-order valence-electron chi connectivity index (χ3n) is 5.79. The molecule has 0 bridgehead atoms. The number of carbonyl (C=O) groups excluding carboxylic acids is 6. The summed E-state index contributed by atoms with van der Waals surface area (Å²) in [6.45, 7) is 5.76. The number of nitrogens with two attached hydrogens (primary N) is 1. The van der Waals surface area contributed by atoms with Gasteiger partial charge in [-0.3, -0.25) is 12.1 Å². The van der Waals surface area contributed by atoms with Gasteiger partial charge in [-0.15, -0.1) is 20.4 Å². The van der Waals surface area contributed by atoms with Crippen molar-refractivity contribution in [2.45, 2.75) is 30.5 Å². The van der Waals surface area contributed by atoms with Crippen LogP contribution >= 0.6 is 23.1 Å². The molecule has 0 amide bonds. The molecule has 0 saturated heterocycles. The molecule has 5 aromatic rings. The Morgan fingerprint density at radius 1 is 0.855 bits per heavy atom. The minimum atomic E-state index is -1.59. The Labute approximate surface area is 408 Å². The fourth-order valence-corrected chi connectivity index (χ4v) is 4.87. The first-order chi connectivity index (χ1) is 24.2. The van der Waals surface area contributed by atoms with E-state index < -0.39 is 28.5 Å². The Kier molecular flexibility index (Phi) is 25.9. The third kappa shape index (κ3) is 16.3. The topological polar surface area (TPSA) is 306 Å². The average Bonchev–Trinajstić information content (AvgIpc) is 3.68. The number of aromatic nitrogens is 7. The minimum absolute atomic E-state index is 0. The largest absolute Gasteiger partial charge is 1.00 e. The van der Waals surface area contributed by atoms with E-state index in [1.54, 1.807) is 18.2 Å². The van der Waals surface area contributed by atoms with Gasteiger partial charge in [-0.05, 0) is 35.6 Å². The molecule has 0 saturated carbocycles. The van der Waals surface area contributed by atoms with Gasteiger partial charge in [0.15, 0.2) is 15.8 Å². The van der Waals surface area contributed by atoms with Crippen LogP contribution in [0.3, 0.4) is 0 Å². The molecule has 4 N–H and O–H groups in total. The first kappa shape index (κ1) is 54.4. The number of nitrogens with one attached hydrogen (secondary N) is 2. The molecule has 0 radical (unpaired) electrons. The molecule has 3 heterocycles. The van der Waals surface area contributed by atoms with Crippen LogP contribution in [0.25, 0.3) is 5.95 Å². The van der Waals surface area contributed by atoms with E-state index in [-0.39, 0.29) is 166 Å². The number of rotatable bonds is 10. The van der Waals surface area contributed by atoms with E-state index in [9.17, 15) is 19.8 Å². The van der Waals surface area contributed by atoms with E-state index >= 15 is 0 Å². The average molecular weight is 823 g/mol. The van der Waals surface area contributed by atoms with Crippen molar-refractivity contribution < 1.29 is 157 Å². The predicted octanol–water partition coefficient (Wildman–Crippen LogP) is -10.4. The molecule has 0 unspecified atom stereocenters. The maximum Gasteiger partial charge on any atom is 1.00 e. The molecule has 262 valence electrons. The van der Waals surface area contributed by atoms with Crippen LogP contribution in [0.4, 0.5) is 39.9 Å².